The minimum atomic E-state index is -1.04. The summed E-state index contributed by atoms with van der Waals surface area (Å²) in [5.41, 5.74) is 2.74. The number of benzene rings is 1. The molecule has 1 atom stereocenters. The van der Waals surface area contributed by atoms with E-state index in [1.807, 2.05) is 6.92 Å². The number of carbonyl (C=O) groups is 2. The Bertz CT molecular complexity index is 814. The van der Waals surface area contributed by atoms with Gasteiger partial charge in [0.15, 0.2) is 5.69 Å². The van der Waals surface area contributed by atoms with Crippen LogP contribution in [0.15, 0.2) is 24.3 Å². The number of nitrogens with zero attached hydrogens (tertiary/aromatic N) is 2. The average molecular weight is 359 g/mol. The average Bonchev–Trinajstić information content (AvgIpc) is 3.21. The third kappa shape index (κ3) is 3.61. The molecule has 1 aromatic carbocycles. The highest BCUT2D eigenvalue weighted by molar-refractivity contribution is 5.96. The number of unbranched alkanes of at least 4 members (excludes halogenated alkanes) is 1. The van der Waals surface area contributed by atoms with E-state index in [4.69, 9.17) is 0 Å². The number of nitrogens with one attached hydrogen (secondary N) is 1. The zero-order chi connectivity index (χ0) is 18.7. The number of halogens is 1. The highest BCUT2D eigenvalue weighted by Crippen LogP contribution is 2.28. The van der Waals surface area contributed by atoms with Gasteiger partial charge in [-0.2, -0.15) is 5.10 Å². The van der Waals surface area contributed by atoms with Crippen molar-refractivity contribution in [1.82, 2.24) is 15.1 Å². The maximum absolute atomic E-state index is 13.2. The lowest BCUT2D eigenvalue weighted by molar-refractivity contribution is -0.139. The van der Waals surface area contributed by atoms with Gasteiger partial charge in [0.05, 0.1) is 5.69 Å². The molecule has 3 rings (SSSR count). The van der Waals surface area contributed by atoms with Crippen LogP contribution in [0, 0.1) is 5.82 Å². The number of carboxylic acids is 1. The smallest absolute Gasteiger partial charge is 0.326 e. The van der Waals surface area contributed by atoms with Gasteiger partial charge >= 0.3 is 5.97 Å². The topological polar surface area (TPSA) is 84.2 Å². The Morgan fingerprint density at radius 3 is 2.69 bits per heavy atom. The molecule has 0 radical (unpaired) electrons. The number of carboxylic acid groups (broad SMARTS) is 1. The van der Waals surface area contributed by atoms with Gasteiger partial charge in [-0.25, -0.2) is 13.9 Å². The number of hydrogen-bond donors (Lipinski definition) is 2. The van der Waals surface area contributed by atoms with Crippen molar-refractivity contribution in [1.29, 1.82) is 0 Å². The molecule has 0 fully saturated rings. The standard InChI is InChI=1S/C19H22FN3O3/c1-2-3-6-15(19(25)26)21-18(24)17-14-5-4-7-16(14)23(22-17)13-10-8-12(20)9-11-13/h8-11,15H,2-7H2,1H3,(H,21,24)(H,25,26). The number of amides is 1. The second-order valence-corrected chi connectivity index (χ2v) is 6.52. The van der Waals surface area contributed by atoms with Crippen LogP contribution in [0.4, 0.5) is 4.39 Å². The highest BCUT2D eigenvalue weighted by atomic mass is 19.1. The second kappa shape index (κ2) is 7.68. The lowest BCUT2D eigenvalue weighted by Crippen LogP contribution is -2.41. The number of fused-ring (bicyclic) bond motifs is 1. The zero-order valence-corrected chi connectivity index (χ0v) is 14.7. The first-order valence-electron chi connectivity index (χ1n) is 8.91. The van der Waals surface area contributed by atoms with Gasteiger partial charge in [0.1, 0.15) is 11.9 Å². The van der Waals surface area contributed by atoms with Gasteiger partial charge in [-0.15, -0.1) is 0 Å². The largest absolute Gasteiger partial charge is 0.480 e. The van der Waals surface area contributed by atoms with Crippen molar-refractivity contribution in [3.63, 3.8) is 0 Å². The Balaban J connectivity index is 1.88. The normalized spacial score (nSPS) is 14.1. The van der Waals surface area contributed by atoms with Gasteiger partial charge in [-0.05, 0) is 49.9 Å². The summed E-state index contributed by atoms with van der Waals surface area (Å²) in [5, 5.41) is 16.3. The maximum Gasteiger partial charge on any atom is 0.326 e. The fourth-order valence-corrected chi connectivity index (χ4v) is 3.31. The highest BCUT2D eigenvalue weighted by Gasteiger charge is 2.29. The van der Waals surface area contributed by atoms with E-state index < -0.39 is 17.9 Å². The summed E-state index contributed by atoms with van der Waals surface area (Å²) < 4.78 is 14.8. The van der Waals surface area contributed by atoms with E-state index in [0.29, 0.717) is 12.1 Å². The van der Waals surface area contributed by atoms with Crippen molar-refractivity contribution in [2.24, 2.45) is 0 Å². The van der Waals surface area contributed by atoms with Crippen LogP contribution in [0.5, 0.6) is 0 Å². The molecule has 1 amide bonds. The molecule has 2 aromatic rings. The van der Waals surface area contributed by atoms with Crippen molar-refractivity contribution in [3.05, 3.63) is 47.0 Å². The van der Waals surface area contributed by atoms with Crippen LogP contribution >= 0.6 is 0 Å². The number of aromatic nitrogens is 2. The van der Waals surface area contributed by atoms with Gasteiger partial charge in [-0.1, -0.05) is 19.8 Å². The second-order valence-electron chi connectivity index (χ2n) is 6.52. The molecule has 0 spiro atoms. The van der Waals surface area contributed by atoms with Gasteiger partial charge in [-0.3, -0.25) is 4.79 Å². The monoisotopic (exact) mass is 359 g/mol. The van der Waals surface area contributed by atoms with Crippen molar-refractivity contribution in [3.8, 4) is 5.69 Å². The molecule has 0 saturated heterocycles. The molecule has 1 heterocycles. The van der Waals surface area contributed by atoms with Crippen molar-refractivity contribution in [2.45, 2.75) is 51.5 Å². The van der Waals surface area contributed by atoms with E-state index in [9.17, 15) is 19.1 Å². The summed E-state index contributed by atoms with van der Waals surface area (Å²) >= 11 is 0. The molecule has 138 valence electrons. The van der Waals surface area contributed by atoms with E-state index in [-0.39, 0.29) is 11.5 Å². The summed E-state index contributed by atoms with van der Waals surface area (Å²) in [6.07, 6.45) is 4.38. The Morgan fingerprint density at radius 2 is 2.04 bits per heavy atom. The number of rotatable bonds is 7. The molecule has 26 heavy (non-hydrogen) atoms. The molecule has 6 nitrogen and oxygen atoms in total. The molecular weight excluding hydrogens is 337 g/mol. The van der Waals surface area contributed by atoms with Gasteiger partial charge in [0.2, 0.25) is 0 Å². The molecule has 2 N–H and O–H groups in total. The van der Waals surface area contributed by atoms with Crippen LogP contribution < -0.4 is 5.32 Å². The predicted molar refractivity (Wildman–Crippen MR) is 94.0 cm³/mol. The van der Waals surface area contributed by atoms with Crippen LogP contribution in [-0.4, -0.2) is 32.8 Å². The molecule has 1 unspecified atom stereocenters. The first-order chi connectivity index (χ1) is 12.5. The number of carbonyl (C=O) groups excluding carboxylic acids is 1. The fraction of sp³-hybridized carbons (Fsp3) is 0.421. The SMILES string of the molecule is CCCCC(NC(=O)c1nn(-c2ccc(F)cc2)c2c1CCC2)C(=O)O. The molecule has 0 aliphatic heterocycles. The summed E-state index contributed by atoms with van der Waals surface area (Å²) in [6, 6.07) is 5.01. The van der Waals surface area contributed by atoms with Crippen LogP contribution in [0.1, 0.15) is 54.4 Å². The molecule has 1 aliphatic rings. The van der Waals surface area contributed by atoms with Crippen molar-refractivity contribution in [2.75, 3.05) is 0 Å². The van der Waals surface area contributed by atoms with E-state index in [0.717, 1.165) is 43.4 Å². The number of aliphatic carboxylic acids is 1. The first-order valence-corrected chi connectivity index (χ1v) is 8.91. The van der Waals surface area contributed by atoms with Crippen LogP contribution in [-0.2, 0) is 17.6 Å². The lowest BCUT2D eigenvalue weighted by Gasteiger charge is -2.13. The summed E-state index contributed by atoms with van der Waals surface area (Å²) in [7, 11) is 0. The predicted octanol–water partition coefficient (Wildman–Crippen LogP) is 2.87. The molecule has 0 saturated carbocycles. The van der Waals surface area contributed by atoms with Gasteiger partial charge in [0, 0.05) is 11.3 Å². The molecule has 1 aromatic heterocycles. The van der Waals surface area contributed by atoms with E-state index in [1.54, 1.807) is 16.8 Å². The quantitative estimate of drug-likeness (QED) is 0.796. The third-order valence-corrected chi connectivity index (χ3v) is 4.67. The van der Waals surface area contributed by atoms with E-state index >= 15 is 0 Å². The number of hydrogen-bond acceptors (Lipinski definition) is 3. The summed E-state index contributed by atoms with van der Waals surface area (Å²) in [5.74, 6) is -1.84. The molecule has 7 heteroatoms. The van der Waals surface area contributed by atoms with Crippen LogP contribution in [0.25, 0.3) is 5.69 Å². The zero-order valence-electron chi connectivity index (χ0n) is 14.7. The minimum absolute atomic E-state index is 0.268. The van der Waals surface area contributed by atoms with E-state index in [2.05, 4.69) is 10.4 Å². The molecule has 1 aliphatic carbocycles. The molecular formula is C19H22FN3O3. The van der Waals surface area contributed by atoms with Gasteiger partial charge in [0.25, 0.3) is 5.91 Å². The van der Waals surface area contributed by atoms with Crippen LogP contribution in [0.2, 0.25) is 0 Å². The van der Waals surface area contributed by atoms with E-state index in [1.165, 1.54) is 12.1 Å². The first kappa shape index (κ1) is 18.1. The van der Waals surface area contributed by atoms with Crippen molar-refractivity contribution < 1.29 is 19.1 Å². The minimum Gasteiger partial charge on any atom is -0.480 e. The lowest BCUT2D eigenvalue weighted by atomic mass is 10.1. The Morgan fingerprint density at radius 1 is 1.31 bits per heavy atom. The Hall–Kier alpha value is -2.70. The fourth-order valence-electron chi connectivity index (χ4n) is 3.31. The summed E-state index contributed by atoms with van der Waals surface area (Å²) in [4.78, 5) is 24.1. The maximum atomic E-state index is 13.2. The Labute approximate surface area is 151 Å². The van der Waals surface area contributed by atoms with Crippen LogP contribution in [0.3, 0.4) is 0 Å². The van der Waals surface area contributed by atoms with Gasteiger partial charge < -0.3 is 10.4 Å². The molecule has 0 bridgehead atoms. The Kier molecular flexibility index (Phi) is 5.35. The summed E-state index contributed by atoms with van der Waals surface area (Å²) in [6.45, 7) is 1.97. The van der Waals surface area contributed by atoms with Crippen molar-refractivity contribution >= 4 is 11.9 Å². The third-order valence-electron chi connectivity index (χ3n) is 4.67.